The highest BCUT2D eigenvalue weighted by Gasteiger charge is 2.20. The number of amides is 1. The van der Waals surface area contributed by atoms with Crippen molar-refractivity contribution in [2.75, 3.05) is 6.54 Å². The Morgan fingerprint density at radius 3 is 2.43 bits per heavy atom. The highest BCUT2D eigenvalue weighted by Crippen LogP contribution is 2.19. The van der Waals surface area contributed by atoms with Crippen LogP contribution in [0.25, 0.3) is 5.52 Å². The smallest absolute Gasteiger partial charge is 0.252 e. The monoisotopic (exact) mass is 501 g/mol. The van der Waals surface area contributed by atoms with Crippen LogP contribution in [0.5, 0.6) is 0 Å². The molecule has 9 nitrogen and oxygen atoms in total. The van der Waals surface area contributed by atoms with Gasteiger partial charge in [-0.25, -0.2) is 0 Å². The van der Waals surface area contributed by atoms with Crippen LogP contribution in [0.4, 0.5) is 0 Å². The fourth-order valence-electron chi connectivity index (χ4n) is 4.19. The Hall–Kier alpha value is -3.85. The molecule has 0 aliphatic carbocycles. The third-order valence-electron chi connectivity index (χ3n) is 6.21. The summed E-state index contributed by atoms with van der Waals surface area (Å²) in [5.41, 5.74) is 3.79. The van der Waals surface area contributed by atoms with Crippen LogP contribution in [0.15, 0.2) is 54.7 Å². The molecule has 0 aliphatic rings. The average Bonchev–Trinajstić information content (AvgIpc) is 3.50. The maximum absolute atomic E-state index is 13.2. The van der Waals surface area contributed by atoms with E-state index in [1.807, 2.05) is 41.7 Å². The Labute approximate surface area is 217 Å². The van der Waals surface area contributed by atoms with Gasteiger partial charge in [0.15, 0.2) is 5.82 Å². The molecule has 1 atom stereocenters. The average molecular weight is 502 g/mol. The molecule has 1 aromatic carbocycles. The number of carbonyl (C=O) groups is 2. The second kappa shape index (κ2) is 11.0. The van der Waals surface area contributed by atoms with Gasteiger partial charge in [0.1, 0.15) is 0 Å². The largest absolute Gasteiger partial charge is 0.342 e. The number of ketones is 1. The van der Waals surface area contributed by atoms with Gasteiger partial charge in [0.05, 0.1) is 18.8 Å². The number of aryl methyl sites for hydroxylation is 2. The second-order valence-electron chi connectivity index (χ2n) is 10.3. The summed E-state index contributed by atoms with van der Waals surface area (Å²) in [6, 6.07) is 14.6. The Balaban J connectivity index is 1.42. The molecule has 0 fully saturated rings. The molecule has 9 heteroatoms. The third-order valence-corrected chi connectivity index (χ3v) is 6.21. The van der Waals surface area contributed by atoms with Gasteiger partial charge in [-0.3, -0.25) is 9.59 Å². The normalized spacial score (nSPS) is 12.6. The molecule has 2 N–H and O–H groups in total. The maximum Gasteiger partial charge on any atom is 0.252 e. The van der Waals surface area contributed by atoms with E-state index in [0.29, 0.717) is 29.1 Å². The van der Waals surface area contributed by atoms with Gasteiger partial charge < -0.3 is 15.0 Å². The van der Waals surface area contributed by atoms with Gasteiger partial charge in [0.2, 0.25) is 5.78 Å². The highest BCUT2D eigenvalue weighted by atomic mass is 16.1. The number of hydrogen-bond acceptors (Lipinski definition) is 6. The molecule has 37 heavy (non-hydrogen) atoms. The van der Waals surface area contributed by atoms with Gasteiger partial charge in [-0.1, -0.05) is 31.2 Å². The van der Waals surface area contributed by atoms with Crippen molar-refractivity contribution < 1.29 is 9.59 Å². The zero-order valence-electron chi connectivity index (χ0n) is 22.2. The Morgan fingerprint density at radius 2 is 1.78 bits per heavy atom. The first-order valence-electron chi connectivity index (χ1n) is 12.7. The van der Waals surface area contributed by atoms with Crippen LogP contribution >= 0.6 is 0 Å². The van der Waals surface area contributed by atoms with E-state index in [2.05, 4.69) is 46.8 Å². The number of aromatic nitrogens is 5. The summed E-state index contributed by atoms with van der Waals surface area (Å²) >= 11 is 0. The fourth-order valence-corrected chi connectivity index (χ4v) is 4.19. The van der Waals surface area contributed by atoms with Gasteiger partial charge in [0.25, 0.3) is 5.91 Å². The summed E-state index contributed by atoms with van der Waals surface area (Å²) in [7, 11) is 1.69. The lowest BCUT2D eigenvalue weighted by atomic mass is 10.0. The molecule has 0 radical (unpaired) electrons. The molecule has 0 bridgehead atoms. The zero-order valence-corrected chi connectivity index (χ0v) is 22.2. The predicted molar refractivity (Wildman–Crippen MR) is 143 cm³/mol. The molecule has 3 aromatic heterocycles. The molecule has 0 aliphatic heterocycles. The van der Waals surface area contributed by atoms with E-state index >= 15 is 0 Å². The molecule has 0 spiro atoms. The van der Waals surface area contributed by atoms with Crippen LogP contribution in [-0.4, -0.2) is 48.4 Å². The molecular weight excluding hydrogens is 466 g/mol. The molecule has 194 valence electrons. The van der Waals surface area contributed by atoms with E-state index in [0.717, 1.165) is 24.9 Å². The van der Waals surface area contributed by atoms with Crippen LogP contribution in [0.2, 0.25) is 0 Å². The minimum absolute atomic E-state index is 0.0575. The number of rotatable bonds is 10. The van der Waals surface area contributed by atoms with E-state index in [-0.39, 0.29) is 23.3 Å². The van der Waals surface area contributed by atoms with Crippen LogP contribution in [0, 0.1) is 0 Å². The van der Waals surface area contributed by atoms with E-state index in [9.17, 15) is 9.59 Å². The molecule has 3 heterocycles. The van der Waals surface area contributed by atoms with Crippen molar-refractivity contribution in [1.29, 1.82) is 0 Å². The van der Waals surface area contributed by atoms with E-state index in [4.69, 9.17) is 0 Å². The van der Waals surface area contributed by atoms with Crippen molar-refractivity contribution >= 4 is 17.2 Å². The van der Waals surface area contributed by atoms with Crippen LogP contribution in [0.1, 0.15) is 84.4 Å². The lowest BCUT2D eigenvalue weighted by Gasteiger charge is -2.20. The number of fused-ring (bicyclic) bond motifs is 1. The van der Waals surface area contributed by atoms with Crippen LogP contribution in [-0.2, 0) is 13.5 Å². The summed E-state index contributed by atoms with van der Waals surface area (Å²) in [5.74, 6) is 0.185. The van der Waals surface area contributed by atoms with Crippen molar-refractivity contribution in [3.05, 3.63) is 82.9 Å². The highest BCUT2D eigenvalue weighted by molar-refractivity contribution is 6.08. The number of benzene rings is 1. The molecule has 4 rings (SSSR count). The summed E-state index contributed by atoms with van der Waals surface area (Å²) in [5, 5.41) is 18.5. The standard InChI is InChI=1S/C28H35N7O2/c1-6-23(26-31-33-34(5)32-26)30-27(37)21-15-17-35-22(18-21)13-14-24(35)25(36)20-11-9-19(10-12-20)8-7-16-29-28(2,3)4/h9-15,17-18,23,29H,6-8,16H2,1-5H3,(H,30,37). The summed E-state index contributed by atoms with van der Waals surface area (Å²) in [6.45, 7) is 9.39. The van der Waals surface area contributed by atoms with Gasteiger partial charge in [-0.2, -0.15) is 4.80 Å². The molecule has 4 aromatic rings. The molecular formula is C28H35N7O2. The van der Waals surface area contributed by atoms with Crippen molar-refractivity contribution in [3.63, 3.8) is 0 Å². The van der Waals surface area contributed by atoms with Crippen LogP contribution in [0.3, 0.4) is 0 Å². The summed E-state index contributed by atoms with van der Waals surface area (Å²) < 4.78 is 1.81. The van der Waals surface area contributed by atoms with Gasteiger partial charge in [-0.15, -0.1) is 10.2 Å². The van der Waals surface area contributed by atoms with Crippen LogP contribution < -0.4 is 10.6 Å². The topological polar surface area (TPSA) is 106 Å². The SMILES string of the molecule is CCC(NC(=O)c1ccn2c(C(=O)c3ccc(CCCNC(C)(C)C)cc3)ccc2c1)c1nnn(C)n1. The van der Waals surface area contributed by atoms with Gasteiger partial charge in [0, 0.05) is 28.4 Å². The minimum atomic E-state index is -0.334. The summed E-state index contributed by atoms with van der Waals surface area (Å²) in [4.78, 5) is 27.5. The van der Waals surface area contributed by atoms with E-state index < -0.39 is 0 Å². The first-order chi connectivity index (χ1) is 17.6. The van der Waals surface area contributed by atoms with Crippen molar-refractivity contribution in [2.24, 2.45) is 7.05 Å². The van der Waals surface area contributed by atoms with E-state index in [1.165, 1.54) is 10.4 Å². The number of tetrazole rings is 1. The van der Waals surface area contributed by atoms with Crippen molar-refractivity contribution in [2.45, 2.75) is 58.5 Å². The lowest BCUT2D eigenvalue weighted by Crippen LogP contribution is -2.36. The minimum Gasteiger partial charge on any atom is -0.342 e. The molecule has 1 unspecified atom stereocenters. The number of carbonyl (C=O) groups excluding carboxylic acids is 2. The first-order valence-corrected chi connectivity index (χ1v) is 12.7. The Bertz CT molecular complexity index is 1380. The maximum atomic E-state index is 13.2. The summed E-state index contributed by atoms with van der Waals surface area (Å²) in [6.07, 6.45) is 4.39. The number of nitrogens with one attached hydrogen (secondary N) is 2. The molecule has 1 amide bonds. The Morgan fingerprint density at radius 1 is 1.03 bits per heavy atom. The van der Waals surface area contributed by atoms with Crippen molar-refractivity contribution in [3.8, 4) is 0 Å². The zero-order chi connectivity index (χ0) is 26.6. The number of hydrogen-bond donors (Lipinski definition) is 2. The lowest BCUT2D eigenvalue weighted by molar-refractivity contribution is 0.0933. The first kappa shape index (κ1) is 26.2. The Kier molecular flexibility index (Phi) is 7.83. The predicted octanol–water partition coefficient (Wildman–Crippen LogP) is 3.90. The van der Waals surface area contributed by atoms with Crippen molar-refractivity contribution in [1.82, 2.24) is 35.2 Å². The molecule has 0 saturated heterocycles. The van der Waals surface area contributed by atoms with E-state index in [1.54, 1.807) is 31.4 Å². The molecule has 0 saturated carbocycles. The van der Waals surface area contributed by atoms with Gasteiger partial charge in [-0.05, 0) is 81.6 Å². The number of pyridine rings is 1. The number of nitrogens with zero attached hydrogens (tertiary/aromatic N) is 5. The fraction of sp³-hybridized carbons (Fsp3) is 0.393. The quantitative estimate of drug-likeness (QED) is 0.252. The van der Waals surface area contributed by atoms with Gasteiger partial charge >= 0.3 is 0 Å². The third kappa shape index (κ3) is 6.48. The second-order valence-corrected chi connectivity index (χ2v) is 10.3.